The van der Waals surface area contributed by atoms with Crippen LogP contribution < -0.4 is 10.6 Å². The molecule has 2 N–H and O–H groups in total. The lowest BCUT2D eigenvalue weighted by Crippen LogP contribution is -2.37. The van der Waals surface area contributed by atoms with Crippen LogP contribution in [0.15, 0.2) is 47.1 Å². The van der Waals surface area contributed by atoms with Crippen LogP contribution in [0.5, 0.6) is 0 Å². The molecule has 3 aromatic rings. The molecule has 130 valence electrons. The van der Waals surface area contributed by atoms with E-state index in [2.05, 4.69) is 20.9 Å². The molecule has 0 saturated heterocycles. The molecule has 0 aliphatic carbocycles. The zero-order valence-corrected chi connectivity index (χ0v) is 14.5. The van der Waals surface area contributed by atoms with Crippen molar-refractivity contribution in [2.45, 2.75) is 33.2 Å². The van der Waals surface area contributed by atoms with Gasteiger partial charge in [0.15, 0.2) is 5.82 Å². The number of anilines is 1. The lowest BCUT2D eigenvalue weighted by atomic mass is 10.1. The van der Waals surface area contributed by atoms with Crippen molar-refractivity contribution in [2.75, 3.05) is 5.32 Å². The molecule has 2 amide bonds. The lowest BCUT2D eigenvalue weighted by molar-refractivity contribution is 0.249. The molecule has 7 nitrogen and oxygen atoms in total. The largest absolute Gasteiger partial charge is 0.361 e. The first-order valence-corrected chi connectivity index (χ1v) is 8.13. The third-order valence-electron chi connectivity index (χ3n) is 3.92. The first kappa shape index (κ1) is 16.8. The van der Waals surface area contributed by atoms with E-state index in [1.165, 1.54) is 0 Å². The maximum Gasteiger partial charge on any atom is 0.320 e. The first-order chi connectivity index (χ1) is 12.0. The second-order valence-electron chi connectivity index (χ2n) is 5.99. The summed E-state index contributed by atoms with van der Waals surface area (Å²) >= 11 is 0. The minimum absolute atomic E-state index is 0.0620. The van der Waals surface area contributed by atoms with Gasteiger partial charge in [-0.25, -0.2) is 9.48 Å². The normalized spacial score (nSPS) is 12.0. The first-order valence-electron chi connectivity index (χ1n) is 8.13. The maximum atomic E-state index is 12.2. The van der Waals surface area contributed by atoms with Gasteiger partial charge in [-0.2, -0.15) is 0 Å². The number of amides is 2. The Labute approximate surface area is 146 Å². The maximum absolute atomic E-state index is 12.2. The van der Waals surface area contributed by atoms with Crippen LogP contribution in [0.2, 0.25) is 0 Å². The number of hydrogen-bond acceptors (Lipinski definition) is 4. The van der Waals surface area contributed by atoms with E-state index in [0.717, 1.165) is 22.7 Å². The molecule has 7 heteroatoms. The Balaban J connectivity index is 1.57. The van der Waals surface area contributed by atoms with Crippen LogP contribution in [-0.2, 0) is 6.42 Å². The quantitative estimate of drug-likeness (QED) is 0.747. The SMILES string of the molecule is Cc1noc(C)c1C[C@@H](C)NC(=O)Nc1ccn(-c2ccccc2)n1. The number of carbonyl (C=O) groups is 1. The fraction of sp³-hybridized carbons (Fsp3) is 0.278. The number of urea groups is 1. The van der Waals surface area contributed by atoms with Gasteiger partial charge in [0.05, 0.1) is 11.4 Å². The van der Waals surface area contributed by atoms with Gasteiger partial charge < -0.3 is 9.84 Å². The molecule has 2 aromatic heterocycles. The highest BCUT2D eigenvalue weighted by molar-refractivity contribution is 5.88. The molecule has 1 aromatic carbocycles. The van der Waals surface area contributed by atoms with Crippen LogP contribution in [0, 0.1) is 13.8 Å². The van der Waals surface area contributed by atoms with Crippen molar-refractivity contribution in [3.05, 3.63) is 59.6 Å². The molecule has 0 aliphatic heterocycles. The number of nitrogens with one attached hydrogen (secondary N) is 2. The van der Waals surface area contributed by atoms with Crippen LogP contribution in [-0.4, -0.2) is 27.0 Å². The highest BCUT2D eigenvalue weighted by Crippen LogP contribution is 2.14. The van der Waals surface area contributed by atoms with Gasteiger partial charge in [0, 0.05) is 23.9 Å². The third-order valence-corrected chi connectivity index (χ3v) is 3.92. The Hall–Kier alpha value is -3.09. The number of benzene rings is 1. The van der Waals surface area contributed by atoms with Gasteiger partial charge >= 0.3 is 6.03 Å². The summed E-state index contributed by atoms with van der Waals surface area (Å²) in [5.74, 6) is 1.28. The summed E-state index contributed by atoms with van der Waals surface area (Å²) < 4.78 is 6.86. The van der Waals surface area contributed by atoms with E-state index in [4.69, 9.17) is 4.52 Å². The van der Waals surface area contributed by atoms with E-state index in [-0.39, 0.29) is 12.1 Å². The van der Waals surface area contributed by atoms with Crippen molar-refractivity contribution in [3.63, 3.8) is 0 Å². The molecule has 0 bridgehead atoms. The Morgan fingerprint density at radius 2 is 2.00 bits per heavy atom. The number of nitrogens with zero attached hydrogens (tertiary/aromatic N) is 3. The number of aryl methyl sites for hydroxylation is 2. The molecule has 0 radical (unpaired) electrons. The minimum Gasteiger partial charge on any atom is -0.361 e. The molecular formula is C18H21N5O2. The smallest absolute Gasteiger partial charge is 0.320 e. The number of hydrogen-bond donors (Lipinski definition) is 2. The third kappa shape index (κ3) is 4.06. The van der Waals surface area contributed by atoms with Gasteiger partial charge in [0.1, 0.15) is 5.76 Å². The molecule has 0 saturated carbocycles. The Morgan fingerprint density at radius 1 is 1.24 bits per heavy atom. The van der Waals surface area contributed by atoms with Crippen molar-refractivity contribution in [1.82, 2.24) is 20.3 Å². The van der Waals surface area contributed by atoms with Crippen LogP contribution in [0.1, 0.15) is 23.9 Å². The topological polar surface area (TPSA) is 85.0 Å². The Kier molecular flexibility index (Phi) is 4.83. The molecule has 0 aliphatic rings. The highest BCUT2D eigenvalue weighted by atomic mass is 16.5. The number of aromatic nitrogens is 3. The van der Waals surface area contributed by atoms with E-state index in [0.29, 0.717) is 12.2 Å². The van der Waals surface area contributed by atoms with Gasteiger partial charge in [-0.15, -0.1) is 5.10 Å². The number of carbonyl (C=O) groups excluding carboxylic acids is 1. The van der Waals surface area contributed by atoms with Gasteiger partial charge in [0.25, 0.3) is 0 Å². The fourth-order valence-electron chi connectivity index (χ4n) is 2.64. The molecule has 3 rings (SSSR count). The molecule has 0 spiro atoms. The number of para-hydroxylation sites is 1. The molecular weight excluding hydrogens is 318 g/mol. The molecule has 0 fully saturated rings. The lowest BCUT2D eigenvalue weighted by Gasteiger charge is -2.13. The van der Waals surface area contributed by atoms with Gasteiger partial charge in [-0.3, -0.25) is 5.32 Å². The zero-order chi connectivity index (χ0) is 17.8. The average Bonchev–Trinajstić information content (AvgIpc) is 3.17. The van der Waals surface area contributed by atoms with Crippen molar-refractivity contribution in [1.29, 1.82) is 0 Å². The summed E-state index contributed by atoms with van der Waals surface area (Å²) in [4.78, 5) is 12.2. The number of rotatable bonds is 5. The highest BCUT2D eigenvalue weighted by Gasteiger charge is 2.15. The van der Waals surface area contributed by atoms with Crippen molar-refractivity contribution < 1.29 is 9.32 Å². The summed E-state index contributed by atoms with van der Waals surface area (Å²) in [5.41, 5.74) is 2.82. The fourth-order valence-corrected chi connectivity index (χ4v) is 2.64. The standard InChI is InChI=1S/C18H21N5O2/c1-12(11-16-13(2)22-25-14(16)3)19-18(24)20-17-9-10-23(21-17)15-7-5-4-6-8-15/h4-10,12H,11H2,1-3H3,(H2,19,20,21,24)/t12-/m1/s1. The Bertz CT molecular complexity index is 834. The van der Waals surface area contributed by atoms with E-state index in [1.54, 1.807) is 16.9 Å². The summed E-state index contributed by atoms with van der Waals surface area (Å²) in [6.45, 7) is 5.71. The van der Waals surface area contributed by atoms with Crippen molar-refractivity contribution >= 4 is 11.8 Å². The van der Waals surface area contributed by atoms with Crippen LogP contribution in [0.3, 0.4) is 0 Å². The Morgan fingerprint density at radius 3 is 2.68 bits per heavy atom. The second kappa shape index (κ2) is 7.21. The average molecular weight is 339 g/mol. The van der Waals surface area contributed by atoms with E-state index >= 15 is 0 Å². The molecule has 0 unspecified atom stereocenters. The molecule has 25 heavy (non-hydrogen) atoms. The van der Waals surface area contributed by atoms with Crippen LogP contribution >= 0.6 is 0 Å². The zero-order valence-electron chi connectivity index (χ0n) is 14.5. The predicted octanol–water partition coefficient (Wildman–Crippen LogP) is 3.23. The van der Waals surface area contributed by atoms with Crippen molar-refractivity contribution in [2.24, 2.45) is 0 Å². The van der Waals surface area contributed by atoms with Gasteiger partial charge in [0.2, 0.25) is 0 Å². The monoisotopic (exact) mass is 339 g/mol. The van der Waals surface area contributed by atoms with E-state index in [9.17, 15) is 4.79 Å². The molecule has 2 heterocycles. The summed E-state index contributed by atoms with van der Waals surface area (Å²) in [6.07, 6.45) is 2.46. The van der Waals surface area contributed by atoms with Gasteiger partial charge in [-0.1, -0.05) is 23.4 Å². The summed E-state index contributed by atoms with van der Waals surface area (Å²) in [6, 6.07) is 11.1. The summed E-state index contributed by atoms with van der Waals surface area (Å²) in [5, 5.41) is 13.9. The molecule has 1 atom stereocenters. The van der Waals surface area contributed by atoms with Crippen LogP contribution in [0.4, 0.5) is 10.6 Å². The van der Waals surface area contributed by atoms with E-state index in [1.807, 2.05) is 51.1 Å². The summed E-state index contributed by atoms with van der Waals surface area (Å²) in [7, 11) is 0. The van der Waals surface area contributed by atoms with Crippen molar-refractivity contribution in [3.8, 4) is 5.69 Å². The van der Waals surface area contributed by atoms with Gasteiger partial charge in [-0.05, 0) is 39.3 Å². The second-order valence-corrected chi connectivity index (χ2v) is 5.99. The predicted molar refractivity (Wildman–Crippen MR) is 94.9 cm³/mol. The van der Waals surface area contributed by atoms with E-state index < -0.39 is 0 Å². The minimum atomic E-state index is -0.294. The van der Waals surface area contributed by atoms with Crippen LogP contribution in [0.25, 0.3) is 5.69 Å².